The summed E-state index contributed by atoms with van der Waals surface area (Å²) in [5.41, 5.74) is 2.39. The number of benzene rings is 1. The second-order valence-electron chi connectivity index (χ2n) is 4.19. The van der Waals surface area contributed by atoms with Gasteiger partial charge in [0.25, 0.3) is 0 Å². The van der Waals surface area contributed by atoms with E-state index < -0.39 is 10.9 Å². The van der Waals surface area contributed by atoms with Crippen LogP contribution in [0.3, 0.4) is 0 Å². The van der Waals surface area contributed by atoms with Crippen molar-refractivity contribution in [1.29, 1.82) is 0 Å². The summed E-state index contributed by atoms with van der Waals surface area (Å²) in [6.45, 7) is 2.14. The number of nitrogens with one attached hydrogen (secondary N) is 1. The van der Waals surface area contributed by atoms with Gasteiger partial charge in [-0.05, 0) is 30.2 Å². The summed E-state index contributed by atoms with van der Waals surface area (Å²) in [5.74, 6) is -0.975. The lowest BCUT2D eigenvalue weighted by atomic mass is 10.1. The Morgan fingerprint density at radius 2 is 2.25 bits per heavy atom. The number of hydrogen-bond donors (Lipinski definition) is 2. The number of rotatable bonds is 5. The molecule has 1 aromatic heterocycles. The first-order valence-electron chi connectivity index (χ1n) is 5.77. The van der Waals surface area contributed by atoms with Crippen LogP contribution in [-0.4, -0.2) is 16.0 Å². The first kappa shape index (κ1) is 14.0. The Labute approximate surface area is 118 Å². The third-order valence-corrected chi connectivity index (χ3v) is 3.80. The lowest BCUT2D eigenvalue weighted by molar-refractivity contribution is -0.380. The lowest BCUT2D eigenvalue weighted by Crippen LogP contribution is -2.05. The minimum Gasteiger partial charge on any atom is -0.478 e. The normalized spacial score (nSPS) is 10.2. The van der Waals surface area contributed by atoms with Crippen molar-refractivity contribution in [2.75, 3.05) is 5.32 Å². The predicted molar refractivity (Wildman–Crippen MR) is 76.4 cm³/mol. The van der Waals surface area contributed by atoms with E-state index in [2.05, 4.69) is 5.32 Å². The average molecular weight is 292 g/mol. The van der Waals surface area contributed by atoms with E-state index in [0.29, 0.717) is 17.8 Å². The zero-order valence-corrected chi connectivity index (χ0v) is 11.4. The maximum absolute atomic E-state index is 11.0. The van der Waals surface area contributed by atoms with Crippen molar-refractivity contribution in [2.24, 2.45) is 0 Å². The quantitative estimate of drug-likeness (QED) is 0.651. The largest absolute Gasteiger partial charge is 0.478 e. The monoisotopic (exact) mass is 292 g/mol. The highest BCUT2D eigenvalue weighted by Crippen LogP contribution is 2.24. The van der Waals surface area contributed by atoms with E-state index in [1.54, 1.807) is 24.4 Å². The first-order chi connectivity index (χ1) is 9.49. The maximum atomic E-state index is 11.0. The van der Waals surface area contributed by atoms with E-state index >= 15 is 0 Å². The van der Waals surface area contributed by atoms with E-state index in [9.17, 15) is 14.9 Å². The first-order valence-corrected chi connectivity index (χ1v) is 6.65. The highest BCUT2D eigenvalue weighted by atomic mass is 32.1. The number of aromatic carboxylic acids is 1. The molecule has 0 bridgehead atoms. The number of nitro groups is 1. The smallest absolute Gasteiger partial charge is 0.336 e. The molecule has 0 amide bonds. The molecule has 0 saturated heterocycles. The van der Waals surface area contributed by atoms with Crippen molar-refractivity contribution in [2.45, 2.75) is 13.5 Å². The Morgan fingerprint density at radius 1 is 1.50 bits per heavy atom. The van der Waals surface area contributed by atoms with Crippen molar-refractivity contribution >= 4 is 28.0 Å². The van der Waals surface area contributed by atoms with Gasteiger partial charge in [-0.1, -0.05) is 17.4 Å². The number of carboxylic acid groups (broad SMARTS) is 1. The lowest BCUT2D eigenvalue weighted by Gasteiger charge is -2.10. The van der Waals surface area contributed by atoms with Gasteiger partial charge in [0.15, 0.2) is 0 Å². The minimum atomic E-state index is -0.975. The molecule has 0 atom stereocenters. The second kappa shape index (κ2) is 5.70. The molecule has 0 fully saturated rings. The summed E-state index contributed by atoms with van der Waals surface area (Å²) in [7, 11) is 0. The minimum absolute atomic E-state index is 0.0952. The maximum Gasteiger partial charge on any atom is 0.336 e. The van der Waals surface area contributed by atoms with Crippen LogP contribution in [0.25, 0.3) is 0 Å². The summed E-state index contributed by atoms with van der Waals surface area (Å²) in [5, 5.41) is 24.5. The van der Waals surface area contributed by atoms with Gasteiger partial charge < -0.3 is 10.4 Å². The zero-order chi connectivity index (χ0) is 14.7. The Kier molecular flexibility index (Phi) is 3.99. The number of hydrogen-bond acceptors (Lipinski definition) is 5. The van der Waals surface area contributed by atoms with E-state index in [0.717, 1.165) is 16.9 Å². The van der Waals surface area contributed by atoms with E-state index in [1.165, 1.54) is 12.1 Å². The van der Waals surface area contributed by atoms with E-state index in [4.69, 9.17) is 5.11 Å². The summed E-state index contributed by atoms with van der Waals surface area (Å²) in [6.07, 6.45) is 0. The molecule has 0 aliphatic carbocycles. The molecule has 0 unspecified atom stereocenters. The van der Waals surface area contributed by atoms with Gasteiger partial charge in [0.2, 0.25) is 0 Å². The van der Waals surface area contributed by atoms with E-state index in [-0.39, 0.29) is 10.6 Å². The molecule has 104 valence electrons. The molecule has 0 spiro atoms. The number of nitrogens with zero attached hydrogens (tertiary/aromatic N) is 1. The highest BCUT2D eigenvalue weighted by Gasteiger charge is 2.12. The van der Waals surface area contributed by atoms with Crippen LogP contribution in [0.15, 0.2) is 29.6 Å². The Hall–Kier alpha value is -2.41. The van der Waals surface area contributed by atoms with Crippen LogP contribution in [0, 0.1) is 17.0 Å². The number of thiophene rings is 1. The molecule has 20 heavy (non-hydrogen) atoms. The topological polar surface area (TPSA) is 92.5 Å². The van der Waals surface area contributed by atoms with Crippen LogP contribution in [0.1, 0.15) is 21.5 Å². The molecule has 2 aromatic rings. The number of carbonyl (C=O) groups is 1. The summed E-state index contributed by atoms with van der Waals surface area (Å²) in [6, 6.07) is 6.49. The second-order valence-corrected chi connectivity index (χ2v) is 5.08. The summed E-state index contributed by atoms with van der Waals surface area (Å²) < 4.78 is 0. The Balaban J connectivity index is 2.12. The van der Waals surface area contributed by atoms with Crippen LogP contribution in [0.4, 0.5) is 10.7 Å². The van der Waals surface area contributed by atoms with Gasteiger partial charge in [-0.15, -0.1) is 0 Å². The van der Waals surface area contributed by atoms with Crippen LogP contribution in [-0.2, 0) is 6.54 Å². The van der Waals surface area contributed by atoms with Crippen molar-refractivity contribution < 1.29 is 14.8 Å². The Bertz CT molecular complexity index is 666. The molecule has 2 N–H and O–H groups in total. The fourth-order valence-corrected chi connectivity index (χ4v) is 2.54. The fourth-order valence-electron chi connectivity index (χ4n) is 1.81. The molecule has 1 aromatic carbocycles. The SMILES string of the molecule is Cc1c(NCc2csc([N+](=O)[O-])c2)cccc1C(=O)O. The molecule has 6 nitrogen and oxygen atoms in total. The molecule has 2 rings (SSSR count). The zero-order valence-electron chi connectivity index (χ0n) is 10.6. The van der Waals surface area contributed by atoms with Crippen LogP contribution in [0.5, 0.6) is 0 Å². The molecule has 0 saturated carbocycles. The third kappa shape index (κ3) is 2.94. The fraction of sp³-hybridized carbons (Fsp3) is 0.154. The third-order valence-electron chi connectivity index (χ3n) is 2.87. The van der Waals surface area contributed by atoms with Gasteiger partial charge in [0.1, 0.15) is 0 Å². The van der Waals surface area contributed by atoms with Gasteiger partial charge in [-0.3, -0.25) is 10.1 Å². The number of anilines is 1. The van der Waals surface area contributed by atoms with E-state index in [1.807, 2.05) is 0 Å². The van der Waals surface area contributed by atoms with Gasteiger partial charge in [0.05, 0.1) is 10.5 Å². The molecule has 0 aliphatic heterocycles. The van der Waals surface area contributed by atoms with Gasteiger partial charge in [-0.2, -0.15) is 0 Å². The van der Waals surface area contributed by atoms with Crippen LogP contribution in [0.2, 0.25) is 0 Å². The molecular weight excluding hydrogens is 280 g/mol. The van der Waals surface area contributed by atoms with Crippen molar-refractivity contribution in [1.82, 2.24) is 0 Å². The van der Waals surface area contributed by atoms with Crippen LogP contribution < -0.4 is 5.32 Å². The van der Waals surface area contributed by atoms with Crippen LogP contribution >= 0.6 is 11.3 Å². The molecule has 7 heteroatoms. The molecule has 0 aliphatic rings. The van der Waals surface area contributed by atoms with Gasteiger partial charge >= 0.3 is 11.0 Å². The average Bonchev–Trinajstić information content (AvgIpc) is 2.86. The molecule has 1 heterocycles. The predicted octanol–water partition coefficient (Wildman–Crippen LogP) is 3.28. The van der Waals surface area contributed by atoms with Crippen molar-refractivity contribution in [3.8, 4) is 0 Å². The van der Waals surface area contributed by atoms with Gasteiger partial charge in [-0.25, -0.2) is 4.79 Å². The van der Waals surface area contributed by atoms with Crippen molar-refractivity contribution in [3.05, 3.63) is 56.5 Å². The standard InChI is InChI=1S/C13H12N2O4S/c1-8-10(13(16)17)3-2-4-11(8)14-6-9-5-12(15(18)19)20-7-9/h2-5,7,14H,6H2,1H3,(H,16,17). The Morgan fingerprint density at radius 3 is 2.85 bits per heavy atom. The summed E-state index contributed by atoms with van der Waals surface area (Å²) in [4.78, 5) is 21.2. The summed E-state index contributed by atoms with van der Waals surface area (Å²) >= 11 is 1.07. The van der Waals surface area contributed by atoms with Gasteiger partial charge in [0, 0.05) is 23.7 Å². The van der Waals surface area contributed by atoms with Crippen molar-refractivity contribution in [3.63, 3.8) is 0 Å². The molecule has 0 radical (unpaired) electrons. The molecular formula is C13H12N2O4S. The number of carboxylic acids is 1. The highest BCUT2D eigenvalue weighted by molar-refractivity contribution is 7.13.